The molecule has 3 unspecified atom stereocenters. The molecule has 2 aliphatic heterocycles. The Morgan fingerprint density at radius 1 is 1.11 bits per heavy atom. The average molecular weight is 658 g/mol. The van der Waals surface area contributed by atoms with Crippen molar-refractivity contribution in [2.75, 3.05) is 45.2 Å². The molecule has 3 heterocycles. The second kappa shape index (κ2) is 12.6. The molecule has 1 aromatic heterocycles. The summed E-state index contributed by atoms with van der Waals surface area (Å²) >= 11 is 6.01. The van der Waals surface area contributed by atoms with Crippen LogP contribution in [0.4, 0.5) is 15.9 Å². The van der Waals surface area contributed by atoms with Crippen molar-refractivity contribution in [1.82, 2.24) is 20.2 Å². The lowest BCUT2D eigenvalue weighted by molar-refractivity contribution is 0.101. The summed E-state index contributed by atoms with van der Waals surface area (Å²) in [7, 11) is 1.63. The molecule has 2 fully saturated rings. The lowest BCUT2D eigenvalue weighted by Gasteiger charge is -2.43. The van der Waals surface area contributed by atoms with E-state index in [2.05, 4.69) is 76.6 Å². The summed E-state index contributed by atoms with van der Waals surface area (Å²) in [6, 6.07) is 14.6. The molecule has 3 aliphatic rings. The number of fused-ring (bicyclic) bond motifs is 3. The summed E-state index contributed by atoms with van der Waals surface area (Å²) in [5, 5.41) is 7.76. The Bertz CT molecular complexity index is 1830. The minimum absolute atomic E-state index is 0.0130. The van der Waals surface area contributed by atoms with Crippen LogP contribution in [0.15, 0.2) is 60.9 Å². The number of hydrogen-bond acceptors (Lipinski definition) is 8. The lowest BCUT2D eigenvalue weighted by Crippen LogP contribution is -2.53. The second-order valence-corrected chi connectivity index (χ2v) is 14.0. The molecule has 2 saturated heterocycles. The Kier molecular flexibility index (Phi) is 8.49. The number of anilines is 2. The minimum Gasteiger partial charge on any atom is -0.493 e. The molecule has 7 rings (SSSR count). The van der Waals surface area contributed by atoms with Crippen LogP contribution in [0.3, 0.4) is 0 Å². The summed E-state index contributed by atoms with van der Waals surface area (Å²) in [5.74, 6) is 3.10. The van der Waals surface area contributed by atoms with Gasteiger partial charge in [-0.05, 0) is 88.5 Å². The molecule has 47 heavy (non-hydrogen) atoms. The van der Waals surface area contributed by atoms with Gasteiger partial charge in [0.2, 0.25) is 0 Å². The van der Waals surface area contributed by atoms with Gasteiger partial charge in [-0.1, -0.05) is 35.9 Å². The number of likely N-dealkylation sites (tertiary alicyclic amines) is 1. The van der Waals surface area contributed by atoms with E-state index in [1.807, 2.05) is 12.1 Å². The first-order valence-corrected chi connectivity index (χ1v) is 16.7. The van der Waals surface area contributed by atoms with E-state index in [0.29, 0.717) is 41.0 Å². The Balaban J connectivity index is 1.08. The Labute approximate surface area is 280 Å². The van der Waals surface area contributed by atoms with Gasteiger partial charge in [-0.25, -0.2) is 14.4 Å². The molecule has 2 N–H and O–H groups in total. The number of ether oxygens (including phenoxy) is 3. The van der Waals surface area contributed by atoms with E-state index in [0.717, 1.165) is 43.7 Å². The predicted octanol–water partition coefficient (Wildman–Crippen LogP) is 7.60. The van der Waals surface area contributed by atoms with Crippen LogP contribution >= 0.6 is 11.6 Å². The highest BCUT2D eigenvalue weighted by Crippen LogP contribution is 2.53. The van der Waals surface area contributed by atoms with E-state index in [9.17, 15) is 4.39 Å². The summed E-state index contributed by atoms with van der Waals surface area (Å²) in [6.45, 7) is 10.8. The fourth-order valence-electron chi connectivity index (χ4n) is 7.64. The predicted molar refractivity (Wildman–Crippen MR) is 185 cm³/mol. The first-order valence-electron chi connectivity index (χ1n) is 16.3. The Morgan fingerprint density at radius 2 is 1.98 bits per heavy atom. The molecule has 0 spiro atoms. The summed E-state index contributed by atoms with van der Waals surface area (Å²) in [6.07, 6.45) is 8.18. The smallest absolute Gasteiger partial charge is 0.162 e. The van der Waals surface area contributed by atoms with Crippen LogP contribution in [-0.2, 0) is 0 Å². The zero-order valence-corrected chi connectivity index (χ0v) is 28.0. The van der Waals surface area contributed by atoms with Gasteiger partial charge in [0.1, 0.15) is 29.3 Å². The molecular formula is C37H41ClFN5O3. The van der Waals surface area contributed by atoms with Crippen LogP contribution in [0.1, 0.15) is 50.7 Å². The van der Waals surface area contributed by atoms with Gasteiger partial charge in [0.25, 0.3) is 0 Å². The number of nitrogens with zero attached hydrogens (tertiary/aromatic N) is 3. The van der Waals surface area contributed by atoms with Crippen molar-refractivity contribution in [3.63, 3.8) is 0 Å². The first-order chi connectivity index (χ1) is 22.7. The van der Waals surface area contributed by atoms with Crippen LogP contribution in [0.2, 0.25) is 5.02 Å². The fourth-order valence-corrected chi connectivity index (χ4v) is 7.83. The van der Waals surface area contributed by atoms with Gasteiger partial charge in [0, 0.05) is 47.2 Å². The van der Waals surface area contributed by atoms with Gasteiger partial charge in [0.15, 0.2) is 11.5 Å². The molecule has 4 aromatic rings. The number of hydrogen-bond donors (Lipinski definition) is 2. The number of halogens is 2. The average Bonchev–Trinajstić information content (AvgIpc) is 3.75. The van der Waals surface area contributed by atoms with Gasteiger partial charge < -0.3 is 24.8 Å². The van der Waals surface area contributed by atoms with Crippen molar-refractivity contribution in [3.8, 4) is 17.2 Å². The highest BCUT2D eigenvalue weighted by molar-refractivity contribution is 6.31. The topological polar surface area (TPSA) is 80.8 Å². The summed E-state index contributed by atoms with van der Waals surface area (Å²) in [4.78, 5) is 11.6. The molecule has 3 atom stereocenters. The van der Waals surface area contributed by atoms with Gasteiger partial charge in [-0.15, -0.1) is 0 Å². The van der Waals surface area contributed by atoms with Gasteiger partial charge >= 0.3 is 0 Å². The largest absolute Gasteiger partial charge is 0.493 e. The van der Waals surface area contributed by atoms with Crippen molar-refractivity contribution in [1.29, 1.82) is 0 Å². The van der Waals surface area contributed by atoms with Crippen molar-refractivity contribution < 1.29 is 18.6 Å². The third kappa shape index (κ3) is 6.01. The summed E-state index contributed by atoms with van der Waals surface area (Å²) in [5.41, 5.74) is 3.59. The zero-order valence-electron chi connectivity index (χ0n) is 27.3. The van der Waals surface area contributed by atoms with Crippen LogP contribution in [-0.4, -0.2) is 65.9 Å². The maximum atomic E-state index is 13.7. The molecule has 1 aliphatic carbocycles. The molecule has 0 radical (unpaired) electrons. The zero-order chi connectivity index (χ0) is 32.8. The van der Waals surface area contributed by atoms with Crippen molar-refractivity contribution in [2.24, 2.45) is 5.92 Å². The van der Waals surface area contributed by atoms with E-state index in [1.54, 1.807) is 13.2 Å². The monoisotopic (exact) mass is 657 g/mol. The van der Waals surface area contributed by atoms with E-state index in [4.69, 9.17) is 25.8 Å². The third-order valence-corrected chi connectivity index (χ3v) is 9.90. The van der Waals surface area contributed by atoms with Crippen molar-refractivity contribution in [3.05, 3.63) is 82.9 Å². The third-order valence-electron chi connectivity index (χ3n) is 9.61. The van der Waals surface area contributed by atoms with Crippen LogP contribution in [0, 0.1) is 11.7 Å². The Hall–Kier alpha value is -3.92. The molecule has 0 bridgehead atoms. The fraction of sp³-hybridized carbons (Fsp3) is 0.405. The molecule has 3 aromatic carbocycles. The van der Waals surface area contributed by atoms with Crippen molar-refractivity contribution >= 4 is 40.1 Å². The number of aromatic nitrogens is 2. The normalized spacial score (nSPS) is 22.0. The van der Waals surface area contributed by atoms with Crippen LogP contribution in [0.5, 0.6) is 17.2 Å². The molecular weight excluding hydrogens is 617 g/mol. The number of nitrogens with one attached hydrogen (secondary N) is 2. The molecule has 0 saturated carbocycles. The quantitative estimate of drug-likeness (QED) is 0.169. The van der Waals surface area contributed by atoms with Gasteiger partial charge in [-0.2, -0.15) is 0 Å². The molecule has 0 amide bonds. The van der Waals surface area contributed by atoms with Crippen LogP contribution in [0.25, 0.3) is 17.0 Å². The molecule has 10 heteroatoms. The second-order valence-electron chi connectivity index (χ2n) is 13.6. The first kappa shape index (κ1) is 31.7. The van der Waals surface area contributed by atoms with E-state index < -0.39 is 5.82 Å². The van der Waals surface area contributed by atoms with E-state index in [1.165, 1.54) is 36.0 Å². The lowest BCUT2D eigenvalue weighted by atomic mass is 9.74. The maximum absolute atomic E-state index is 13.7. The highest BCUT2D eigenvalue weighted by Gasteiger charge is 2.56. The van der Waals surface area contributed by atoms with Crippen molar-refractivity contribution in [2.45, 2.75) is 50.7 Å². The number of benzene rings is 3. The van der Waals surface area contributed by atoms with Gasteiger partial charge in [0.05, 0.1) is 24.3 Å². The van der Waals surface area contributed by atoms with Gasteiger partial charge in [-0.3, -0.25) is 4.90 Å². The Morgan fingerprint density at radius 3 is 2.79 bits per heavy atom. The molecule has 8 nitrogen and oxygen atoms in total. The number of methoxy groups -OCH3 is 1. The summed E-state index contributed by atoms with van der Waals surface area (Å²) < 4.78 is 32.3. The maximum Gasteiger partial charge on any atom is 0.162 e. The highest BCUT2D eigenvalue weighted by atomic mass is 35.5. The molecule has 246 valence electrons. The minimum atomic E-state index is -0.478. The van der Waals surface area contributed by atoms with E-state index >= 15 is 0 Å². The number of rotatable bonds is 10. The van der Waals surface area contributed by atoms with E-state index in [-0.39, 0.29) is 22.1 Å². The standard InChI is InChI=1S/C37H41ClFN5O3/c1-36(2,3)47-31-8-5-7-23-9-11-27(34(23)31)37-21-40-20-24(37)13-15-44(37)14-6-16-46-33-18-26-30(19-32(33)45-4)41-22-42-35(26)43-25-10-12-29(39)28(38)17-25/h5,7-12,17-19,22,24,27,40H,6,13-16,20-21H2,1-4H3,(H,41,42,43). The SMILES string of the molecule is COc1cc2ncnc(Nc3ccc(F)c(Cl)c3)c2cc1OCCCN1CCC2CNCC21C1C=Cc2cccc(OC(C)(C)C)c21. The van der Waals surface area contributed by atoms with Crippen LogP contribution < -0.4 is 24.8 Å².